The largest absolute Gasteiger partial charge is 0.392 e. The number of aliphatic hydroxyl groups excluding tert-OH is 1. The quantitative estimate of drug-likeness (QED) is 0.572. The minimum absolute atomic E-state index is 0.0141. The van der Waals surface area contributed by atoms with Gasteiger partial charge >= 0.3 is 0 Å². The van der Waals surface area contributed by atoms with E-state index < -0.39 is 15.9 Å². The minimum Gasteiger partial charge on any atom is -0.392 e. The van der Waals surface area contributed by atoms with E-state index in [-0.39, 0.29) is 23.6 Å². The maximum atomic E-state index is 12.6. The molecule has 0 unspecified atom stereocenters. The summed E-state index contributed by atoms with van der Waals surface area (Å²) >= 11 is 0. The van der Waals surface area contributed by atoms with Gasteiger partial charge in [0, 0.05) is 17.8 Å². The monoisotopic (exact) mass is 396 g/mol. The smallest absolute Gasteiger partial charge is 0.255 e. The summed E-state index contributed by atoms with van der Waals surface area (Å²) in [7, 11) is -3.76. The second kappa shape index (κ2) is 8.79. The lowest BCUT2D eigenvalue weighted by Gasteiger charge is -2.10. The standard InChI is InChI=1S/C21H20N2O4S/c24-15-17-8-4-10-19(12-17)23-21(25)18-9-5-11-20(13-18)28(26,27)22-14-16-6-2-1-3-7-16/h1-13,22,24H,14-15H2,(H,23,25). The lowest BCUT2D eigenvalue weighted by molar-refractivity contribution is 0.102. The van der Waals surface area contributed by atoms with Gasteiger partial charge < -0.3 is 10.4 Å². The first-order valence-electron chi connectivity index (χ1n) is 8.63. The van der Waals surface area contributed by atoms with Crippen LogP contribution in [0.5, 0.6) is 0 Å². The average Bonchev–Trinajstić information content (AvgIpc) is 2.73. The molecule has 1 amide bonds. The summed E-state index contributed by atoms with van der Waals surface area (Å²) in [4.78, 5) is 12.5. The first-order chi connectivity index (χ1) is 13.5. The Labute approximate surface area is 163 Å². The molecule has 0 aliphatic rings. The Bertz CT molecular complexity index is 1070. The number of amides is 1. The molecule has 0 saturated carbocycles. The highest BCUT2D eigenvalue weighted by molar-refractivity contribution is 7.89. The van der Waals surface area contributed by atoms with E-state index in [1.54, 1.807) is 30.3 Å². The van der Waals surface area contributed by atoms with Gasteiger partial charge in [-0.3, -0.25) is 4.79 Å². The zero-order valence-electron chi connectivity index (χ0n) is 15.0. The molecule has 3 aromatic rings. The number of aliphatic hydroxyl groups is 1. The van der Waals surface area contributed by atoms with E-state index in [4.69, 9.17) is 0 Å². The third kappa shape index (κ3) is 5.04. The Morgan fingerprint density at radius 3 is 2.32 bits per heavy atom. The molecule has 0 aromatic heterocycles. The van der Waals surface area contributed by atoms with E-state index in [0.717, 1.165) is 5.56 Å². The highest BCUT2D eigenvalue weighted by atomic mass is 32.2. The number of carbonyl (C=O) groups excluding carboxylic acids is 1. The molecule has 0 spiro atoms. The zero-order valence-corrected chi connectivity index (χ0v) is 15.8. The van der Waals surface area contributed by atoms with Crippen LogP contribution in [0.4, 0.5) is 5.69 Å². The number of rotatable bonds is 7. The lowest BCUT2D eigenvalue weighted by atomic mass is 10.2. The highest BCUT2D eigenvalue weighted by Crippen LogP contribution is 2.16. The molecule has 6 nitrogen and oxygen atoms in total. The van der Waals surface area contributed by atoms with Crippen LogP contribution in [0.25, 0.3) is 0 Å². The Hall–Kier alpha value is -3.00. The third-order valence-electron chi connectivity index (χ3n) is 4.08. The van der Waals surface area contributed by atoms with Gasteiger partial charge in [0.25, 0.3) is 5.91 Å². The first kappa shape index (κ1) is 19.8. The SMILES string of the molecule is O=C(Nc1cccc(CO)c1)c1cccc(S(=O)(=O)NCc2ccccc2)c1. The average molecular weight is 396 g/mol. The van der Waals surface area contributed by atoms with Crippen molar-refractivity contribution < 1.29 is 18.3 Å². The van der Waals surface area contributed by atoms with Crippen molar-refractivity contribution in [2.45, 2.75) is 18.0 Å². The maximum absolute atomic E-state index is 12.6. The molecule has 3 N–H and O–H groups in total. The van der Waals surface area contributed by atoms with Gasteiger partial charge in [-0.2, -0.15) is 0 Å². The Balaban J connectivity index is 1.74. The number of hydrogen-bond donors (Lipinski definition) is 3. The van der Waals surface area contributed by atoms with Gasteiger partial charge in [-0.25, -0.2) is 13.1 Å². The van der Waals surface area contributed by atoms with Gasteiger partial charge in [0.2, 0.25) is 10.0 Å². The van der Waals surface area contributed by atoms with Crippen molar-refractivity contribution in [2.24, 2.45) is 0 Å². The van der Waals surface area contributed by atoms with E-state index in [9.17, 15) is 18.3 Å². The zero-order chi connectivity index (χ0) is 20.0. The summed E-state index contributed by atoms with van der Waals surface area (Å²) in [6, 6.07) is 21.8. The van der Waals surface area contributed by atoms with Crippen molar-refractivity contribution in [1.29, 1.82) is 0 Å². The van der Waals surface area contributed by atoms with Crippen molar-refractivity contribution >= 4 is 21.6 Å². The van der Waals surface area contributed by atoms with E-state index >= 15 is 0 Å². The van der Waals surface area contributed by atoms with Crippen LogP contribution in [-0.2, 0) is 23.2 Å². The maximum Gasteiger partial charge on any atom is 0.255 e. The summed E-state index contributed by atoms with van der Waals surface area (Å²) < 4.78 is 27.6. The second-order valence-electron chi connectivity index (χ2n) is 6.15. The third-order valence-corrected chi connectivity index (χ3v) is 5.48. The summed E-state index contributed by atoms with van der Waals surface area (Å²) in [6.45, 7) is 0.0259. The topological polar surface area (TPSA) is 95.5 Å². The molecule has 0 atom stereocenters. The Morgan fingerprint density at radius 1 is 0.857 bits per heavy atom. The number of anilines is 1. The van der Waals surface area contributed by atoms with Crippen molar-refractivity contribution in [1.82, 2.24) is 4.72 Å². The predicted molar refractivity (Wildman–Crippen MR) is 107 cm³/mol. The molecule has 0 radical (unpaired) electrons. The molecule has 28 heavy (non-hydrogen) atoms. The van der Waals surface area contributed by atoms with Gasteiger partial charge in [0.15, 0.2) is 0 Å². The number of hydrogen-bond acceptors (Lipinski definition) is 4. The van der Waals surface area contributed by atoms with Gasteiger partial charge in [0.1, 0.15) is 0 Å². The van der Waals surface area contributed by atoms with Crippen LogP contribution in [0.15, 0.2) is 83.8 Å². The lowest BCUT2D eigenvalue weighted by Crippen LogP contribution is -2.23. The number of sulfonamides is 1. The molecule has 0 heterocycles. The van der Waals surface area contributed by atoms with Crippen molar-refractivity contribution in [3.8, 4) is 0 Å². The molecule has 0 aliphatic carbocycles. The number of benzene rings is 3. The van der Waals surface area contributed by atoms with Crippen LogP contribution in [-0.4, -0.2) is 19.4 Å². The number of nitrogens with one attached hydrogen (secondary N) is 2. The van der Waals surface area contributed by atoms with Gasteiger partial charge in [-0.05, 0) is 41.5 Å². The fourth-order valence-corrected chi connectivity index (χ4v) is 3.68. The molecule has 7 heteroatoms. The number of carbonyl (C=O) groups is 1. The van der Waals surface area contributed by atoms with Crippen molar-refractivity contribution in [3.05, 3.63) is 95.6 Å². The van der Waals surface area contributed by atoms with Crippen molar-refractivity contribution in [2.75, 3.05) is 5.32 Å². The van der Waals surface area contributed by atoms with Crippen LogP contribution in [0.1, 0.15) is 21.5 Å². The van der Waals surface area contributed by atoms with E-state index in [0.29, 0.717) is 11.3 Å². The summed E-state index contributed by atoms with van der Waals surface area (Å²) in [5.41, 5.74) is 2.24. The Morgan fingerprint density at radius 2 is 1.57 bits per heavy atom. The normalized spacial score (nSPS) is 11.2. The van der Waals surface area contributed by atoms with E-state index in [1.165, 1.54) is 18.2 Å². The van der Waals surface area contributed by atoms with Gasteiger partial charge in [-0.15, -0.1) is 0 Å². The van der Waals surface area contributed by atoms with E-state index in [1.807, 2.05) is 30.3 Å². The fraction of sp³-hybridized carbons (Fsp3) is 0.0952. The second-order valence-corrected chi connectivity index (χ2v) is 7.92. The van der Waals surface area contributed by atoms with Crippen LogP contribution >= 0.6 is 0 Å². The molecule has 0 saturated heterocycles. The molecule has 0 aliphatic heterocycles. The molecule has 3 aromatic carbocycles. The van der Waals surface area contributed by atoms with Crippen LogP contribution < -0.4 is 10.0 Å². The predicted octanol–water partition coefficient (Wildman–Crippen LogP) is 2.91. The fourth-order valence-electron chi connectivity index (χ4n) is 2.61. The summed E-state index contributed by atoms with van der Waals surface area (Å²) in [6.07, 6.45) is 0. The van der Waals surface area contributed by atoms with Crippen LogP contribution in [0.2, 0.25) is 0 Å². The first-order valence-corrected chi connectivity index (χ1v) is 10.1. The molecular weight excluding hydrogens is 376 g/mol. The summed E-state index contributed by atoms with van der Waals surface area (Å²) in [5.74, 6) is -0.435. The van der Waals surface area contributed by atoms with Crippen molar-refractivity contribution in [3.63, 3.8) is 0 Å². The molecule has 144 valence electrons. The van der Waals surface area contributed by atoms with E-state index in [2.05, 4.69) is 10.0 Å². The Kier molecular flexibility index (Phi) is 6.20. The van der Waals surface area contributed by atoms with Gasteiger partial charge in [0.05, 0.1) is 11.5 Å². The summed E-state index contributed by atoms with van der Waals surface area (Å²) in [5, 5.41) is 11.9. The molecule has 3 rings (SSSR count). The molecule has 0 bridgehead atoms. The highest BCUT2D eigenvalue weighted by Gasteiger charge is 2.16. The molecule has 0 fully saturated rings. The van der Waals surface area contributed by atoms with Gasteiger partial charge in [-0.1, -0.05) is 48.5 Å². The van der Waals surface area contributed by atoms with Crippen LogP contribution in [0.3, 0.4) is 0 Å². The minimum atomic E-state index is -3.76. The molecular formula is C21H20N2O4S. The van der Waals surface area contributed by atoms with Crippen LogP contribution in [0, 0.1) is 0 Å².